The molecule has 14 heavy (non-hydrogen) atoms. The maximum absolute atomic E-state index is 5.57. The second-order valence-corrected chi connectivity index (χ2v) is 3.22. The quantitative estimate of drug-likeness (QED) is 0.458. The molecule has 0 unspecified atom stereocenters. The van der Waals surface area contributed by atoms with Crippen LogP contribution in [0.3, 0.4) is 0 Å². The van der Waals surface area contributed by atoms with Gasteiger partial charge in [0.2, 0.25) is 0 Å². The normalized spacial score (nSPS) is 11.5. The van der Waals surface area contributed by atoms with E-state index < -0.39 is 0 Å². The van der Waals surface area contributed by atoms with Crippen molar-refractivity contribution in [1.29, 1.82) is 0 Å². The molecule has 3 N–H and O–H groups in total. The van der Waals surface area contributed by atoms with Crippen molar-refractivity contribution >= 4 is 28.8 Å². The fraction of sp³-hybridized carbons (Fsp3) is 0.300. The fourth-order valence-corrected chi connectivity index (χ4v) is 1.32. The number of nitrogens with one attached hydrogen (secondary N) is 1. The molecule has 0 amide bonds. The first-order chi connectivity index (χ1) is 6.69. The van der Waals surface area contributed by atoms with Crippen LogP contribution in [0.25, 0.3) is 0 Å². The van der Waals surface area contributed by atoms with Crippen LogP contribution in [-0.2, 0) is 0 Å². The number of aryl methyl sites for hydroxylation is 1. The number of hydrogen-bond donors (Lipinski definition) is 2. The number of amidine groups is 1. The van der Waals surface area contributed by atoms with Gasteiger partial charge in [0.25, 0.3) is 0 Å². The number of para-hydroxylation sites is 1. The number of halogens is 1. The van der Waals surface area contributed by atoms with E-state index in [9.17, 15) is 0 Å². The summed E-state index contributed by atoms with van der Waals surface area (Å²) in [7, 11) is 1.86. The number of alkyl halides is 1. The lowest BCUT2D eigenvalue weighted by atomic mass is 10.1. The highest BCUT2D eigenvalue weighted by Crippen LogP contribution is 2.27. The molecule has 0 atom stereocenters. The number of nitrogens with two attached hydrogens (primary N) is 1. The Hall–Kier alpha value is -1.22. The van der Waals surface area contributed by atoms with Crippen LogP contribution < -0.4 is 11.1 Å². The molecule has 1 aromatic carbocycles. The minimum Gasteiger partial charge on any atom is -0.386 e. The average molecular weight is 212 g/mol. The van der Waals surface area contributed by atoms with Crippen LogP contribution >= 0.6 is 11.6 Å². The Morgan fingerprint density at radius 2 is 2.29 bits per heavy atom. The Morgan fingerprint density at radius 1 is 1.57 bits per heavy atom. The van der Waals surface area contributed by atoms with Gasteiger partial charge in [-0.3, -0.25) is 0 Å². The van der Waals surface area contributed by atoms with Gasteiger partial charge in [0.15, 0.2) is 0 Å². The molecule has 0 aliphatic rings. The molecule has 0 saturated carbocycles. The third-order valence-corrected chi connectivity index (χ3v) is 2.18. The van der Waals surface area contributed by atoms with Gasteiger partial charge < -0.3 is 11.1 Å². The van der Waals surface area contributed by atoms with Crippen molar-refractivity contribution in [3.63, 3.8) is 0 Å². The highest BCUT2D eigenvalue weighted by atomic mass is 35.5. The van der Waals surface area contributed by atoms with Gasteiger partial charge in [-0.25, -0.2) is 4.99 Å². The topological polar surface area (TPSA) is 50.4 Å². The van der Waals surface area contributed by atoms with Gasteiger partial charge in [0.05, 0.1) is 17.3 Å². The molecule has 3 nitrogen and oxygen atoms in total. The van der Waals surface area contributed by atoms with Crippen LogP contribution in [0, 0.1) is 6.92 Å². The largest absolute Gasteiger partial charge is 0.386 e. The summed E-state index contributed by atoms with van der Waals surface area (Å²) < 4.78 is 0. The summed E-state index contributed by atoms with van der Waals surface area (Å²) >= 11 is 5.56. The summed E-state index contributed by atoms with van der Waals surface area (Å²) in [6.07, 6.45) is 0. The average Bonchev–Trinajstić information content (AvgIpc) is 2.18. The molecule has 76 valence electrons. The Balaban J connectivity index is 3.14. The summed E-state index contributed by atoms with van der Waals surface area (Å²) in [5.74, 6) is 0.672. The van der Waals surface area contributed by atoms with Crippen LogP contribution in [-0.4, -0.2) is 18.8 Å². The number of rotatable bonds is 3. The third kappa shape index (κ3) is 2.39. The van der Waals surface area contributed by atoms with Crippen molar-refractivity contribution in [1.82, 2.24) is 0 Å². The van der Waals surface area contributed by atoms with Crippen LogP contribution in [0.15, 0.2) is 23.2 Å². The maximum atomic E-state index is 5.57. The Morgan fingerprint density at radius 3 is 2.86 bits per heavy atom. The van der Waals surface area contributed by atoms with Crippen molar-refractivity contribution in [2.45, 2.75) is 6.92 Å². The molecular weight excluding hydrogens is 198 g/mol. The highest BCUT2D eigenvalue weighted by molar-refractivity contribution is 6.28. The van der Waals surface area contributed by atoms with Crippen LogP contribution in [0.2, 0.25) is 0 Å². The molecule has 0 aromatic heterocycles. The minimum atomic E-state index is 0.247. The molecule has 1 aromatic rings. The van der Waals surface area contributed by atoms with Crippen molar-refractivity contribution < 1.29 is 0 Å². The van der Waals surface area contributed by atoms with E-state index in [0.717, 1.165) is 16.9 Å². The second-order valence-electron chi connectivity index (χ2n) is 2.96. The van der Waals surface area contributed by atoms with Crippen molar-refractivity contribution in [3.05, 3.63) is 23.8 Å². The lowest BCUT2D eigenvalue weighted by Gasteiger charge is -2.08. The molecule has 0 spiro atoms. The Bertz CT molecular complexity index is 347. The van der Waals surface area contributed by atoms with Crippen molar-refractivity contribution in [2.24, 2.45) is 10.7 Å². The lowest BCUT2D eigenvalue weighted by Crippen LogP contribution is -2.12. The zero-order valence-corrected chi connectivity index (χ0v) is 9.10. The van der Waals surface area contributed by atoms with Crippen molar-refractivity contribution in [2.75, 3.05) is 18.2 Å². The van der Waals surface area contributed by atoms with E-state index in [0.29, 0.717) is 5.84 Å². The third-order valence-electron chi connectivity index (χ3n) is 1.90. The number of anilines is 1. The summed E-state index contributed by atoms with van der Waals surface area (Å²) in [4.78, 5) is 4.21. The van der Waals surface area contributed by atoms with Gasteiger partial charge in [0.1, 0.15) is 5.84 Å². The zero-order chi connectivity index (χ0) is 10.6. The van der Waals surface area contributed by atoms with E-state index in [1.165, 1.54) is 0 Å². The molecule has 1 rings (SSSR count). The number of nitrogens with zero attached hydrogens (tertiary/aromatic N) is 1. The molecule has 0 heterocycles. The summed E-state index contributed by atoms with van der Waals surface area (Å²) in [6.45, 7) is 2.02. The number of aliphatic imine (C=N–C) groups is 1. The molecule has 4 heteroatoms. The van der Waals surface area contributed by atoms with E-state index >= 15 is 0 Å². The first kappa shape index (κ1) is 10.9. The fourth-order valence-electron chi connectivity index (χ4n) is 1.26. The first-order valence-electron chi connectivity index (χ1n) is 4.35. The molecule has 0 bridgehead atoms. The van der Waals surface area contributed by atoms with Crippen molar-refractivity contribution in [3.8, 4) is 0 Å². The smallest absolute Gasteiger partial charge is 0.115 e. The SMILES string of the molecule is CNc1c(C)cccc1N=C(N)CCl. The van der Waals surface area contributed by atoms with E-state index in [1.807, 2.05) is 32.2 Å². The summed E-state index contributed by atoms with van der Waals surface area (Å²) in [5.41, 5.74) is 8.52. The molecule has 0 radical (unpaired) electrons. The summed E-state index contributed by atoms with van der Waals surface area (Å²) in [6, 6.07) is 5.86. The number of hydrogen-bond acceptors (Lipinski definition) is 2. The highest BCUT2D eigenvalue weighted by Gasteiger charge is 2.02. The van der Waals surface area contributed by atoms with E-state index in [2.05, 4.69) is 10.3 Å². The van der Waals surface area contributed by atoms with E-state index in [-0.39, 0.29) is 5.88 Å². The van der Waals surface area contributed by atoms with Gasteiger partial charge in [-0.1, -0.05) is 12.1 Å². The molecular formula is C10H14ClN3. The Kier molecular flexibility index (Phi) is 3.77. The first-order valence-corrected chi connectivity index (χ1v) is 4.89. The minimum absolute atomic E-state index is 0.247. The second kappa shape index (κ2) is 4.86. The number of benzene rings is 1. The molecule has 0 fully saturated rings. The standard InChI is InChI=1S/C10H14ClN3/c1-7-4-3-5-8(10(7)13-2)14-9(12)6-11/h3-5,13H,6H2,1-2H3,(H2,12,14). The predicted octanol–water partition coefficient (Wildman–Crippen LogP) is 2.26. The van der Waals surface area contributed by atoms with Gasteiger partial charge >= 0.3 is 0 Å². The monoisotopic (exact) mass is 211 g/mol. The lowest BCUT2D eigenvalue weighted by molar-refractivity contribution is 1.36. The zero-order valence-electron chi connectivity index (χ0n) is 8.34. The van der Waals surface area contributed by atoms with Crippen LogP contribution in [0.1, 0.15) is 5.56 Å². The molecule has 0 aliphatic carbocycles. The van der Waals surface area contributed by atoms with Gasteiger partial charge in [-0.05, 0) is 18.6 Å². The van der Waals surface area contributed by atoms with Crippen LogP contribution in [0.5, 0.6) is 0 Å². The van der Waals surface area contributed by atoms with Gasteiger partial charge in [-0.2, -0.15) is 0 Å². The van der Waals surface area contributed by atoms with Gasteiger partial charge in [0, 0.05) is 7.05 Å². The summed E-state index contributed by atoms with van der Waals surface area (Å²) in [5, 5.41) is 3.09. The molecule has 0 aliphatic heterocycles. The van der Waals surface area contributed by atoms with E-state index in [4.69, 9.17) is 17.3 Å². The molecule has 0 saturated heterocycles. The maximum Gasteiger partial charge on any atom is 0.115 e. The van der Waals surface area contributed by atoms with Crippen LogP contribution in [0.4, 0.5) is 11.4 Å². The van der Waals surface area contributed by atoms with Gasteiger partial charge in [-0.15, -0.1) is 11.6 Å². The predicted molar refractivity (Wildman–Crippen MR) is 62.7 cm³/mol. The Labute approximate surface area is 89.0 Å². The van der Waals surface area contributed by atoms with E-state index in [1.54, 1.807) is 0 Å².